The fraction of sp³-hybridized carbons (Fsp3) is 0.208. The van der Waals surface area contributed by atoms with Crippen LogP contribution in [0.2, 0.25) is 0 Å². The molecule has 162 valence electrons. The van der Waals surface area contributed by atoms with Gasteiger partial charge in [-0.05, 0) is 43.2 Å². The Hall–Kier alpha value is -3.19. The lowest BCUT2D eigenvalue weighted by Gasteiger charge is -2.26. The average Bonchev–Trinajstić information content (AvgIpc) is 2.77. The van der Waals surface area contributed by atoms with Gasteiger partial charge < -0.3 is 5.32 Å². The lowest BCUT2D eigenvalue weighted by molar-refractivity contribution is -0.120. The minimum Gasteiger partial charge on any atom is -0.348 e. The summed E-state index contributed by atoms with van der Waals surface area (Å²) in [6, 6.07) is 20.7. The number of para-hydroxylation sites is 1. The summed E-state index contributed by atoms with van der Waals surface area (Å²) in [6.45, 7) is 3.37. The summed E-state index contributed by atoms with van der Waals surface area (Å²) in [5.41, 5.74) is 1.85. The second kappa shape index (κ2) is 9.75. The molecule has 0 aromatic heterocycles. The van der Waals surface area contributed by atoms with Crippen molar-refractivity contribution < 1.29 is 17.6 Å². The molecule has 0 aliphatic heterocycles. The van der Waals surface area contributed by atoms with Gasteiger partial charge in [0.25, 0.3) is 10.0 Å². The first-order valence-electron chi connectivity index (χ1n) is 10.0. The van der Waals surface area contributed by atoms with Crippen molar-refractivity contribution in [3.8, 4) is 0 Å². The highest BCUT2D eigenvalue weighted by molar-refractivity contribution is 7.92. The van der Waals surface area contributed by atoms with Crippen LogP contribution in [0.1, 0.15) is 30.5 Å². The van der Waals surface area contributed by atoms with E-state index in [4.69, 9.17) is 0 Å². The number of carbonyl (C=O) groups is 1. The second-order valence-electron chi connectivity index (χ2n) is 7.22. The van der Waals surface area contributed by atoms with E-state index < -0.39 is 28.3 Å². The van der Waals surface area contributed by atoms with Crippen LogP contribution >= 0.6 is 0 Å². The van der Waals surface area contributed by atoms with Crippen LogP contribution in [0.4, 0.5) is 10.1 Å². The molecular weight excluding hydrogens is 415 g/mol. The molecule has 0 aliphatic carbocycles. The molecule has 0 bridgehead atoms. The normalized spacial score (nSPS) is 12.2. The lowest BCUT2D eigenvalue weighted by atomic mass is 10.0. The molecule has 1 N–H and O–H groups in total. The van der Waals surface area contributed by atoms with Gasteiger partial charge in [0.1, 0.15) is 12.4 Å². The maximum absolute atomic E-state index is 14.5. The largest absolute Gasteiger partial charge is 0.348 e. The predicted octanol–water partition coefficient (Wildman–Crippen LogP) is 4.60. The molecular formula is C24H25FN2O3S. The van der Waals surface area contributed by atoms with Gasteiger partial charge >= 0.3 is 0 Å². The maximum atomic E-state index is 14.5. The standard InChI is InChI=1S/C24H25FN2O3S/c1-3-22(19-15-13-18(2)14-16-19)26-24(28)17-27(23-12-8-7-11-21(23)25)31(29,30)20-9-5-4-6-10-20/h4-16,22H,3,17H2,1-2H3,(H,26,28)/t22-/m1/s1. The van der Waals surface area contributed by atoms with Crippen LogP contribution in [0.5, 0.6) is 0 Å². The van der Waals surface area contributed by atoms with Gasteiger partial charge in [0.05, 0.1) is 16.6 Å². The van der Waals surface area contributed by atoms with E-state index in [0.29, 0.717) is 6.42 Å². The molecule has 0 spiro atoms. The van der Waals surface area contributed by atoms with Crippen molar-refractivity contribution >= 4 is 21.6 Å². The number of sulfonamides is 1. The van der Waals surface area contributed by atoms with Crippen molar-refractivity contribution in [3.05, 3.63) is 95.8 Å². The molecule has 3 aromatic carbocycles. The third-order valence-electron chi connectivity index (χ3n) is 4.96. The van der Waals surface area contributed by atoms with Gasteiger partial charge in [-0.2, -0.15) is 0 Å². The predicted molar refractivity (Wildman–Crippen MR) is 120 cm³/mol. The number of rotatable bonds is 8. The number of nitrogens with one attached hydrogen (secondary N) is 1. The summed E-state index contributed by atoms with van der Waals surface area (Å²) in [4.78, 5) is 12.9. The number of amides is 1. The Morgan fingerprint density at radius 1 is 0.968 bits per heavy atom. The van der Waals surface area contributed by atoms with E-state index in [1.807, 2.05) is 38.1 Å². The molecule has 1 amide bonds. The molecule has 0 heterocycles. The molecule has 0 saturated carbocycles. The molecule has 31 heavy (non-hydrogen) atoms. The topological polar surface area (TPSA) is 66.5 Å². The number of aryl methyl sites for hydroxylation is 1. The zero-order chi connectivity index (χ0) is 22.4. The number of benzene rings is 3. The molecule has 0 fully saturated rings. The van der Waals surface area contributed by atoms with Gasteiger partial charge in [-0.1, -0.05) is 67.1 Å². The number of carbonyl (C=O) groups excluding carboxylic acids is 1. The summed E-state index contributed by atoms with van der Waals surface area (Å²) in [6.07, 6.45) is 0.625. The minimum absolute atomic E-state index is 0.0170. The number of halogens is 1. The quantitative estimate of drug-likeness (QED) is 0.557. The highest BCUT2D eigenvalue weighted by Crippen LogP contribution is 2.26. The van der Waals surface area contributed by atoms with E-state index in [-0.39, 0.29) is 16.6 Å². The number of nitrogens with zero attached hydrogens (tertiary/aromatic N) is 1. The smallest absolute Gasteiger partial charge is 0.264 e. The molecule has 0 saturated heterocycles. The van der Waals surface area contributed by atoms with E-state index in [9.17, 15) is 17.6 Å². The highest BCUT2D eigenvalue weighted by Gasteiger charge is 2.29. The van der Waals surface area contributed by atoms with Crippen molar-refractivity contribution in [1.29, 1.82) is 0 Å². The lowest BCUT2D eigenvalue weighted by Crippen LogP contribution is -2.42. The Labute approximate surface area is 182 Å². The SMILES string of the molecule is CC[C@@H](NC(=O)CN(c1ccccc1F)S(=O)(=O)c1ccccc1)c1ccc(C)cc1. The number of hydrogen-bond donors (Lipinski definition) is 1. The number of anilines is 1. The zero-order valence-electron chi connectivity index (χ0n) is 17.5. The highest BCUT2D eigenvalue weighted by atomic mass is 32.2. The van der Waals surface area contributed by atoms with Crippen LogP contribution in [0.25, 0.3) is 0 Å². The van der Waals surface area contributed by atoms with Crippen molar-refractivity contribution in [1.82, 2.24) is 5.32 Å². The molecule has 0 radical (unpaired) electrons. The van der Waals surface area contributed by atoms with Crippen molar-refractivity contribution in [2.24, 2.45) is 0 Å². The summed E-state index contributed by atoms with van der Waals surface area (Å²) in [7, 11) is -4.15. The average molecular weight is 441 g/mol. The Morgan fingerprint density at radius 3 is 2.19 bits per heavy atom. The third-order valence-corrected chi connectivity index (χ3v) is 6.74. The first-order chi connectivity index (χ1) is 14.8. The van der Waals surface area contributed by atoms with E-state index in [0.717, 1.165) is 15.4 Å². The summed E-state index contributed by atoms with van der Waals surface area (Å²) in [5, 5.41) is 2.88. The molecule has 0 unspecified atom stereocenters. The van der Waals surface area contributed by atoms with E-state index >= 15 is 0 Å². The van der Waals surface area contributed by atoms with Crippen LogP contribution < -0.4 is 9.62 Å². The van der Waals surface area contributed by atoms with E-state index in [1.165, 1.54) is 36.4 Å². The van der Waals surface area contributed by atoms with Gasteiger partial charge in [0.15, 0.2) is 0 Å². The van der Waals surface area contributed by atoms with Crippen LogP contribution in [0.15, 0.2) is 83.8 Å². The second-order valence-corrected chi connectivity index (χ2v) is 9.08. The van der Waals surface area contributed by atoms with E-state index in [1.54, 1.807) is 18.2 Å². The first kappa shape index (κ1) is 22.5. The summed E-state index contributed by atoms with van der Waals surface area (Å²) < 4.78 is 41.9. The minimum atomic E-state index is -4.15. The van der Waals surface area contributed by atoms with Gasteiger partial charge in [-0.3, -0.25) is 9.10 Å². The molecule has 3 rings (SSSR count). The van der Waals surface area contributed by atoms with Crippen molar-refractivity contribution in [3.63, 3.8) is 0 Å². The first-order valence-corrected chi connectivity index (χ1v) is 11.4. The van der Waals surface area contributed by atoms with Gasteiger partial charge in [-0.25, -0.2) is 12.8 Å². The van der Waals surface area contributed by atoms with Crippen LogP contribution in [-0.2, 0) is 14.8 Å². The molecule has 5 nitrogen and oxygen atoms in total. The van der Waals surface area contributed by atoms with Gasteiger partial charge in [0.2, 0.25) is 5.91 Å². The van der Waals surface area contributed by atoms with Gasteiger partial charge in [0, 0.05) is 0 Å². The zero-order valence-corrected chi connectivity index (χ0v) is 18.3. The number of hydrogen-bond acceptors (Lipinski definition) is 3. The molecule has 1 atom stereocenters. The molecule has 7 heteroatoms. The van der Waals surface area contributed by atoms with Crippen molar-refractivity contribution in [2.45, 2.75) is 31.2 Å². The fourth-order valence-electron chi connectivity index (χ4n) is 3.26. The van der Waals surface area contributed by atoms with E-state index in [2.05, 4.69) is 5.32 Å². The molecule has 0 aliphatic rings. The summed E-state index contributed by atoms with van der Waals surface area (Å²) in [5.74, 6) is -1.24. The van der Waals surface area contributed by atoms with Crippen LogP contribution in [0.3, 0.4) is 0 Å². The Morgan fingerprint density at radius 2 is 1.58 bits per heavy atom. The fourth-order valence-corrected chi connectivity index (χ4v) is 4.71. The summed E-state index contributed by atoms with van der Waals surface area (Å²) >= 11 is 0. The van der Waals surface area contributed by atoms with Crippen molar-refractivity contribution in [2.75, 3.05) is 10.8 Å². The van der Waals surface area contributed by atoms with Crippen LogP contribution in [-0.4, -0.2) is 20.9 Å². The molecule has 3 aromatic rings. The Balaban J connectivity index is 1.91. The maximum Gasteiger partial charge on any atom is 0.264 e. The Bertz CT molecular complexity index is 1130. The Kier molecular flexibility index (Phi) is 7.07. The third kappa shape index (κ3) is 5.30. The van der Waals surface area contributed by atoms with Crippen LogP contribution in [0, 0.1) is 12.7 Å². The monoisotopic (exact) mass is 440 g/mol. The van der Waals surface area contributed by atoms with Gasteiger partial charge in [-0.15, -0.1) is 0 Å².